The molecule has 0 spiro atoms. The maximum atomic E-state index is 9.74. The summed E-state index contributed by atoms with van der Waals surface area (Å²) in [6.45, 7) is 5.89. The Bertz CT molecular complexity index is 404. The first-order valence-electron chi connectivity index (χ1n) is 4.36. The van der Waals surface area contributed by atoms with Gasteiger partial charge >= 0.3 is 0 Å². The molecule has 1 aromatic rings. The highest BCUT2D eigenvalue weighted by Crippen LogP contribution is 2.24. The largest absolute Gasteiger partial charge is 0.375 e. The first kappa shape index (κ1) is 11.0. The summed E-state index contributed by atoms with van der Waals surface area (Å²) in [6, 6.07) is 5.49. The molecule has 1 rings (SSSR count). The molecule has 0 heterocycles. The van der Waals surface area contributed by atoms with E-state index < -0.39 is 5.22 Å². The number of nitrogens with zero attached hydrogens (tertiary/aromatic N) is 1. The molecule has 0 aromatic heterocycles. The van der Waals surface area contributed by atoms with Gasteiger partial charge in [-0.15, -0.1) is 0 Å². The second-order valence-corrected chi connectivity index (χ2v) is 4.23. The van der Waals surface area contributed by atoms with Crippen LogP contribution in [-0.4, -0.2) is 15.3 Å². The topological polar surface area (TPSA) is 44.0 Å². The molecule has 3 heteroatoms. The van der Waals surface area contributed by atoms with Gasteiger partial charge in [0, 0.05) is 0 Å². The fourth-order valence-corrected chi connectivity index (χ4v) is 1.68. The molecular formula is C11H12NOSi. The molecule has 0 saturated carbocycles. The van der Waals surface area contributed by atoms with Gasteiger partial charge in [-0.3, -0.25) is 0 Å². The Labute approximate surface area is 87.6 Å². The zero-order chi connectivity index (χ0) is 10.9. The van der Waals surface area contributed by atoms with Crippen molar-refractivity contribution in [3.8, 4) is 6.07 Å². The Morgan fingerprint density at radius 3 is 2.36 bits per heavy atom. The highest BCUT2D eigenvalue weighted by molar-refractivity contribution is 6.16. The molecule has 0 fully saturated rings. The summed E-state index contributed by atoms with van der Waals surface area (Å²) in [4.78, 5) is 0. The van der Waals surface area contributed by atoms with Gasteiger partial charge in [0.15, 0.2) is 5.22 Å². The molecule has 0 amide bonds. The molecule has 0 aliphatic heterocycles. The average Bonchev–Trinajstić information content (AvgIpc) is 2.14. The van der Waals surface area contributed by atoms with Crippen LogP contribution in [0.4, 0.5) is 0 Å². The van der Waals surface area contributed by atoms with E-state index in [1.54, 1.807) is 6.07 Å². The van der Waals surface area contributed by atoms with Crippen molar-refractivity contribution < 1.29 is 5.11 Å². The van der Waals surface area contributed by atoms with E-state index in [2.05, 4.69) is 10.2 Å². The molecule has 0 aliphatic rings. The molecule has 3 radical (unpaired) electrons. The van der Waals surface area contributed by atoms with Crippen molar-refractivity contribution in [3.05, 3.63) is 34.4 Å². The van der Waals surface area contributed by atoms with Crippen LogP contribution in [0, 0.1) is 32.1 Å². The molecule has 1 aromatic carbocycles. The maximum Gasteiger partial charge on any atom is 0.154 e. The van der Waals surface area contributed by atoms with E-state index in [-0.39, 0.29) is 0 Å². The molecular weight excluding hydrogens is 190 g/mol. The summed E-state index contributed by atoms with van der Waals surface area (Å²) in [5.41, 5.74) is 3.82. The molecule has 71 valence electrons. The predicted octanol–water partition coefficient (Wildman–Crippen LogP) is 1.45. The first-order chi connectivity index (χ1) is 6.40. The van der Waals surface area contributed by atoms with E-state index in [1.807, 2.05) is 32.9 Å². The Morgan fingerprint density at radius 1 is 1.29 bits per heavy atom. The minimum Gasteiger partial charge on any atom is -0.375 e. The highest BCUT2D eigenvalue weighted by atomic mass is 28.1. The molecule has 0 bridgehead atoms. The number of aryl methyl sites for hydroxylation is 1. The van der Waals surface area contributed by atoms with Gasteiger partial charge in [-0.25, -0.2) is 0 Å². The van der Waals surface area contributed by atoms with Gasteiger partial charge in [-0.05, 0) is 43.0 Å². The van der Waals surface area contributed by atoms with Crippen LogP contribution in [0.25, 0.3) is 0 Å². The van der Waals surface area contributed by atoms with Gasteiger partial charge in [0.05, 0.1) is 16.3 Å². The van der Waals surface area contributed by atoms with E-state index >= 15 is 0 Å². The van der Waals surface area contributed by atoms with Crippen molar-refractivity contribution >= 4 is 10.2 Å². The van der Waals surface area contributed by atoms with Gasteiger partial charge in [0.1, 0.15) is 0 Å². The molecule has 2 nitrogen and oxygen atoms in total. The lowest BCUT2D eigenvalue weighted by Gasteiger charge is -2.19. The zero-order valence-corrected chi connectivity index (χ0v) is 9.55. The summed E-state index contributed by atoms with van der Waals surface area (Å²) in [5.74, 6) is 0. The number of rotatable bonds is 1. The second-order valence-electron chi connectivity index (χ2n) is 3.50. The van der Waals surface area contributed by atoms with Crippen molar-refractivity contribution in [1.29, 1.82) is 5.26 Å². The normalized spacial score (nSPS) is 14.6. The molecule has 0 saturated heterocycles. The van der Waals surface area contributed by atoms with E-state index in [4.69, 9.17) is 5.26 Å². The number of benzene rings is 1. The fourth-order valence-electron chi connectivity index (χ4n) is 1.41. The number of hydrogen-bond acceptors (Lipinski definition) is 2. The highest BCUT2D eigenvalue weighted by Gasteiger charge is 2.24. The van der Waals surface area contributed by atoms with Crippen LogP contribution >= 0.6 is 0 Å². The average molecular weight is 202 g/mol. The zero-order valence-electron chi connectivity index (χ0n) is 8.55. The first-order valence-corrected chi connectivity index (χ1v) is 4.86. The van der Waals surface area contributed by atoms with Gasteiger partial charge in [0.2, 0.25) is 0 Å². The van der Waals surface area contributed by atoms with Crippen molar-refractivity contribution in [2.24, 2.45) is 0 Å². The van der Waals surface area contributed by atoms with Crippen molar-refractivity contribution in [3.63, 3.8) is 0 Å². The summed E-state index contributed by atoms with van der Waals surface area (Å²) in [6.07, 6.45) is 0. The van der Waals surface area contributed by atoms with Crippen LogP contribution in [0.3, 0.4) is 0 Å². The molecule has 0 aliphatic carbocycles. The van der Waals surface area contributed by atoms with E-state index in [0.717, 1.165) is 16.7 Å². The van der Waals surface area contributed by atoms with Crippen molar-refractivity contribution in [1.82, 2.24) is 0 Å². The molecule has 1 N–H and O–H groups in total. The minimum absolute atomic E-state index is 0.611. The van der Waals surface area contributed by atoms with Crippen molar-refractivity contribution in [2.75, 3.05) is 0 Å². The maximum absolute atomic E-state index is 9.74. The Kier molecular flexibility index (Phi) is 2.79. The summed E-state index contributed by atoms with van der Waals surface area (Å²) >= 11 is 0. The third kappa shape index (κ3) is 1.72. The van der Waals surface area contributed by atoms with Crippen LogP contribution in [0.1, 0.15) is 22.3 Å². The van der Waals surface area contributed by atoms with Gasteiger partial charge in [-0.1, -0.05) is 12.1 Å². The van der Waals surface area contributed by atoms with Crippen LogP contribution in [0.2, 0.25) is 0 Å². The lowest BCUT2D eigenvalue weighted by atomic mass is 9.95. The lowest BCUT2D eigenvalue weighted by molar-refractivity contribution is 0.188. The summed E-state index contributed by atoms with van der Waals surface area (Å²) in [5, 5.41) is 16.9. The molecule has 1 atom stereocenters. The SMILES string of the molecule is Cc1ccc(C(O)([Si])C#N)c(C)c1C. The molecule has 1 unspecified atom stereocenters. The van der Waals surface area contributed by atoms with Crippen LogP contribution in [0.5, 0.6) is 0 Å². The molecule has 14 heavy (non-hydrogen) atoms. The Hall–Kier alpha value is -1.11. The monoisotopic (exact) mass is 202 g/mol. The predicted molar refractivity (Wildman–Crippen MR) is 55.9 cm³/mol. The summed E-state index contributed by atoms with van der Waals surface area (Å²) in [7, 11) is 3.05. The third-order valence-electron chi connectivity index (χ3n) is 2.61. The minimum atomic E-state index is -1.58. The van der Waals surface area contributed by atoms with E-state index in [1.165, 1.54) is 0 Å². The smallest absolute Gasteiger partial charge is 0.154 e. The van der Waals surface area contributed by atoms with E-state index in [9.17, 15) is 5.11 Å². The van der Waals surface area contributed by atoms with Gasteiger partial charge < -0.3 is 5.11 Å². The third-order valence-corrected chi connectivity index (χ3v) is 2.99. The number of aliphatic hydroxyl groups is 1. The van der Waals surface area contributed by atoms with Gasteiger partial charge in [0.25, 0.3) is 0 Å². The Balaban J connectivity index is 3.41. The van der Waals surface area contributed by atoms with Crippen LogP contribution in [0.15, 0.2) is 12.1 Å². The standard InChI is InChI=1S/C11H12NOSi/c1-7-4-5-10(9(3)8(7)2)11(13,14)6-12/h4-5,13H,1-3H3. The fraction of sp³-hybridized carbons (Fsp3) is 0.364. The van der Waals surface area contributed by atoms with E-state index in [0.29, 0.717) is 5.56 Å². The number of nitriles is 1. The van der Waals surface area contributed by atoms with Crippen LogP contribution in [-0.2, 0) is 5.22 Å². The van der Waals surface area contributed by atoms with Crippen molar-refractivity contribution in [2.45, 2.75) is 26.0 Å². The second kappa shape index (κ2) is 3.56. The lowest BCUT2D eigenvalue weighted by Crippen LogP contribution is -2.25. The number of hydrogen-bond donors (Lipinski definition) is 1. The van der Waals surface area contributed by atoms with Crippen LogP contribution < -0.4 is 0 Å². The summed E-state index contributed by atoms with van der Waals surface area (Å²) < 4.78 is 0. The Morgan fingerprint density at radius 2 is 1.86 bits per heavy atom. The quantitative estimate of drug-likeness (QED) is 0.553. The van der Waals surface area contributed by atoms with Gasteiger partial charge in [-0.2, -0.15) is 5.26 Å².